The Morgan fingerprint density at radius 3 is 2.69 bits per heavy atom. The number of carbonyl (C=O) groups is 1. The van der Waals surface area contributed by atoms with Gasteiger partial charge in [-0.25, -0.2) is 12.8 Å². The second-order valence-corrected chi connectivity index (χ2v) is 7.60. The molecule has 1 amide bonds. The van der Waals surface area contributed by atoms with Crippen LogP contribution in [0.5, 0.6) is 5.75 Å². The fourth-order valence-corrected chi connectivity index (χ4v) is 4.12. The molecule has 1 fully saturated rings. The third kappa shape index (κ3) is 3.80. The zero-order chi connectivity index (χ0) is 18.7. The van der Waals surface area contributed by atoms with Gasteiger partial charge in [-0.05, 0) is 49.2 Å². The summed E-state index contributed by atoms with van der Waals surface area (Å²) in [4.78, 5) is 13.4. The molecule has 0 spiro atoms. The lowest BCUT2D eigenvalue weighted by atomic mass is 10.1. The highest BCUT2D eigenvalue weighted by atomic mass is 32.2. The lowest BCUT2D eigenvalue weighted by Gasteiger charge is -2.27. The van der Waals surface area contributed by atoms with Gasteiger partial charge in [0.1, 0.15) is 16.5 Å². The van der Waals surface area contributed by atoms with Gasteiger partial charge < -0.3 is 9.64 Å². The molecule has 26 heavy (non-hydrogen) atoms. The molecule has 1 saturated heterocycles. The van der Waals surface area contributed by atoms with Crippen LogP contribution in [0.25, 0.3) is 0 Å². The van der Waals surface area contributed by atoms with E-state index < -0.39 is 15.8 Å². The number of rotatable bonds is 5. The topological polar surface area (TPSA) is 75.7 Å². The van der Waals surface area contributed by atoms with Crippen molar-refractivity contribution in [2.75, 3.05) is 23.3 Å². The van der Waals surface area contributed by atoms with E-state index >= 15 is 0 Å². The SMILES string of the molecule is COc1ccc(F)cc1S(=O)(=O)Nc1cccc(N2CCCCC2=O)c1. The van der Waals surface area contributed by atoms with Gasteiger partial charge >= 0.3 is 0 Å². The summed E-state index contributed by atoms with van der Waals surface area (Å²) in [6, 6.07) is 9.86. The first-order chi connectivity index (χ1) is 12.4. The van der Waals surface area contributed by atoms with Crippen molar-refractivity contribution in [2.45, 2.75) is 24.2 Å². The molecule has 8 heteroatoms. The maximum atomic E-state index is 13.5. The Bertz CT molecular complexity index is 931. The molecule has 1 heterocycles. The molecule has 1 aliphatic heterocycles. The highest BCUT2D eigenvalue weighted by Crippen LogP contribution is 2.29. The number of anilines is 2. The van der Waals surface area contributed by atoms with Crippen LogP contribution in [-0.2, 0) is 14.8 Å². The molecule has 1 N–H and O–H groups in total. The van der Waals surface area contributed by atoms with Crippen molar-refractivity contribution in [2.24, 2.45) is 0 Å². The summed E-state index contributed by atoms with van der Waals surface area (Å²) in [6.07, 6.45) is 2.25. The summed E-state index contributed by atoms with van der Waals surface area (Å²) in [5.41, 5.74) is 0.910. The minimum absolute atomic E-state index is 0.0167. The second-order valence-electron chi connectivity index (χ2n) is 5.95. The summed E-state index contributed by atoms with van der Waals surface area (Å²) in [5, 5.41) is 0. The Labute approximate surface area is 151 Å². The highest BCUT2D eigenvalue weighted by Gasteiger charge is 2.23. The van der Waals surface area contributed by atoms with Crippen LogP contribution in [0.4, 0.5) is 15.8 Å². The number of sulfonamides is 1. The molecular formula is C18H19FN2O4S. The number of carbonyl (C=O) groups excluding carboxylic acids is 1. The number of benzene rings is 2. The van der Waals surface area contributed by atoms with Gasteiger partial charge in [0.25, 0.3) is 10.0 Å². The van der Waals surface area contributed by atoms with Crippen molar-refractivity contribution in [1.82, 2.24) is 0 Å². The number of nitrogens with one attached hydrogen (secondary N) is 1. The average Bonchev–Trinajstić information content (AvgIpc) is 2.62. The van der Waals surface area contributed by atoms with Gasteiger partial charge in [-0.2, -0.15) is 0 Å². The Morgan fingerprint density at radius 2 is 1.96 bits per heavy atom. The predicted molar refractivity (Wildman–Crippen MR) is 96.4 cm³/mol. The van der Waals surface area contributed by atoms with Gasteiger partial charge in [-0.1, -0.05) is 6.07 Å². The first kappa shape index (κ1) is 18.2. The fraction of sp³-hybridized carbons (Fsp3) is 0.278. The molecule has 0 aliphatic carbocycles. The second kappa shape index (κ2) is 7.33. The van der Waals surface area contributed by atoms with Crippen LogP contribution in [-0.4, -0.2) is 28.0 Å². The van der Waals surface area contributed by atoms with Crippen LogP contribution in [0.2, 0.25) is 0 Å². The summed E-state index contributed by atoms with van der Waals surface area (Å²) in [5.74, 6) is -0.622. The summed E-state index contributed by atoms with van der Waals surface area (Å²) in [7, 11) is -2.74. The zero-order valence-electron chi connectivity index (χ0n) is 14.2. The van der Waals surface area contributed by atoms with E-state index in [1.807, 2.05) is 0 Å². The molecule has 2 aromatic rings. The number of ether oxygens (including phenoxy) is 1. The number of hydrogen-bond acceptors (Lipinski definition) is 4. The molecule has 0 atom stereocenters. The van der Waals surface area contributed by atoms with Crippen molar-refractivity contribution in [3.05, 3.63) is 48.3 Å². The maximum absolute atomic E-state index is 13.5. The lowest BCUT2D eigenvalue weighted by molar-refractivity contribution is -0.119. The molecule has 2 aromatic carbocycles. The van der Waals surface area contributed by atoms with Crippen molar-refractivity contribution in [3.8, 4) is 5.75 Å². The van der Waals surface area contributed by atoms with Crippen LogP contribution >= 0.6 is 0 Å². The van der Waals surface area contributed by atoms with E-state index in [0.29, 0.717) is 18.7 Å². The third-order valence-electron chi connectivity index (χ3n) is 4.15. The molecule has 0 aromatic heterocycles. The lowest BCUT2D eigenvalue weighted by Crippen LogP contribution is -2.35. The number of nitrogens with zero attached hydrogens (tertiary/aromatic N) is 1. The minimum Gasteiger partial charge on any atom is -0.495 e. The zero-order valence-corrected chi connectivity index (χ0v) is 15.1. The molecule has 0 radical (unpaired) electrons. The predicted octanol–water partition coefficient (Wildman–Crippen LogP) is 3.15. The van der Waals surface area contributed by atoms with Gasteiger partial charge in [0.15, 0.2) is 0 Å². The van der Waals surface area contributed by atoms with E-state index in [1.165, 1.54) is 13.2 Å². The third-order valence-corrected chi connectivity index (χ3v) is 5.55. The van der Waals surface area contributed by atoms with Crippen molar-refractivity contribution in [3.63, 3.8) is 0 Å². The summed E-state index contributed by atoms with van der Waals surface area (Å²) >= 11 is 0. The average molecular weight is 378 g/mol. The number of amides is 1. The molecule has 0 saturated carbocycles. The van der Waals surface area contributed by atoms with E-state index in [1.54, 1.807) is 29.2 Å². The molecule has 1 aliphatic rings. The fourth-order valence-electron chi connectivity index (χ4n) is 2.89. The van der Waals surface area contributed by atoms with Crippen molar-refractivity contribution >= 4 is 27.3 Å². The van der Waals surface area contributed by atoms with E-state index in [2.05, 4.69) is 4.72 Å². The van der Waals surface area contributed by atoms with Crippen LogP contribution in [0, 0.1) is 5.82 Å². The van der Waals surface area contributed by atoms with E-state index in [0.717, 1.165) is 25.0 Å². The molecule has 3 rings (SSSR count). The van der Waals surface area contributed by atoms with Crippen LogP contribution in [0.15, 0.2) is 47.4 Å². The highest BCUT2D eigenvalue weighted by molar-refractivity contribution is 7.92. The number of piperidine rings is 1. The Balaban J connectivity index is 1.90. The Morgan fingerprint density at radius 1 is 1.15 bits per heavy atom. The van der Waals surface area contributed by atoms with Crippen LogP contribution in [0.3, 0.4) is 0 Å². The van der Waals surface area contributed by atoms with Gasteiger partial charge in [-0.15, -0.1) is 0 Å². The number of methoxy groups -OCH3 is 1. The summed E-state index contributed by atoms with van der Waals surface area (Å²) in [6.45, 7) is 0.604. The molecular weight excluding hydrogens is 359 g/mol. The standard InChI is InChI=1S/C18H19FN2O4S/c1-25-16-9-8-13(19)11-17(16)26(23,24)20-14-5-4-6-15(12-14)21-10-3-2-7-18(21)22/h4-6,8-9,11-12,20H,2-3,7,10H2,1H3. The van der Waals surface area contributed by atoms with Gasteiger partial charge in [0.05, 0.1) is 12.8 Å². The maximum Gasteiger partial charge on any atom is 0.265 e. The van der Waals surface area contributed by atoms with E-state index in [9.17, 15) is 17.6 Å². The first-order valence-corrected chi connectivity index (χ1v) is 9.66. The van der Waals surface area contributed by atoms with Gasteiger partial charge in [0, 0.05) is 18.7 Å². The Hall–Kier alpha value is -2.61. The molecule has 138 valence electrons. The number of halogens is 1. The van der Waals surface area contributed by atoms with Crippen molar-refractivity contribution < 1.29 is 22.3 Å². The van der Waals surface area contributed by atoms with Crippen molar-refractivity contribution in [1.29, 1.82) is 0 Å². The quantitative estimate of drug-likeness (QED) is 0.867. The summed E-state index contributed by atoms with van der Waals surface area (Å²) < 4.78 is 46.2. The largest absolute Gasteiger partial charge is 0.495 e. The normalized spacial score (nSPS) is 15.0. The van der Waals surface area contributed by atoms with Gasteiger partial charge in [-0.3, -0.25) is 9.52 Å². The van der Waals surface area contributed by atoms with Gasteiger partial charge in [0.2, 0.25) is 5.91 Å². The van der Waals surface area contributed by atoms with E-state index in [-0.39, 0.29) is 22.2 Å². The van der Waals surface area contributed by atoms with E-state index in [4.69, 9.17) is 4.74 Å². The molecule has 6 nitrogen and oxygen atoms in total. The Kier molecular flexibility index (Phi) is 5.13. The minimum atomic E-state index is -4.06. The molecule has 0 bridgehead atoms. The molecule has 0 unspecified atom stereocenters. The van der Waals surface area contributed by atoms with Crippen LogP contribution in [0.1, 0.15) is 19.3 Å². The van der Waals surface area contributed by atoms with Crippen LogP contribution < -0.4 is 14.4 Å². The smallest absolute Gasteiger partial charge is 0.265 e. The number of hydrogen-bond donors (Lipinski definition) is 1. The first-order valence-electron chi connectivity index (χ1n) is 8.17. The monoisotopic (exact) mass is 378 g/mol.